The smallest absolute Gasteiger partial charge is 0.226 e. The number of rotatable bonds is 6. The predicted molar refractivity (Wildman–Crippen MR) is 97.5 cm³/mol. The van der Waals surface area contributed by atoms with E-state index in [1.54, 1.807) is 11.3 Å². The molecular formula is C17H22ClN3OS. The summed E-state index contributed by atoms with van der Waals surface area (Å²) in [6, 6.07) is 10.3. The summed E-state index contributed by atoms with van der Waals surface area (Å²) in [5.41, 5.74) is 1.26. The van der Waals surface area contributed by atoms with E-state index >= 15 is 0 Å². The van der Waals surface area contributed by atoms with Crippen LogP contribution in [0.4, 0.5) is 5.13 Å². The number of carbonyl (C=O) groups is 1. The van der Waals surface area contributed by atoms with Crippen molar-refractivity contribution in [3.63, 3.8) is 0 Å². The molecule has 4 nitrogen and oxygen atoms in total. The monoisotopic (exact) mass is 351 g/mol. The van der Waals surface area contributed by atoms with Gasteiger partial charge in [-0.1, -0.05) is 30.3 Å². The Balaban J connectivity index is 0.00000192. The largest absolute Gasteiger partial charge is 0.316 e. The summed E-state index contributed by atoms with van der Waals surface area (Å²) in [5, 5.41) is 6.96. The highest BCUT2D eigenvalue weighted by molar-refractivity contribution is 7.15. The Morgan fingerprint density at radius 3 is 2.91 bits per heavy atom. The second-order valence-corrected chi connectivity index (χ2v) is 6.85. The summed E-state index contributed by atoms with van der Waals surface area (Å²) < 4.78 is 0. The molecule has 1 aromatic carbocycles. The molecule has 1 atom stereocenters. The van der Waals surface area contributed by atoms with Gasteiger partial charge in [-0.15, -0.1) is 23.7 Å². The lowest BCUT2D eigenvalue weighted by atomic mass is 10.0. The molecule has 1 saturated heterocycles. The zero-order valence-electron chi connectivity index (χ0n) is 13.0. The third kappa shape index (κ3) is 5.61. The predicted octanol–water partition coefficient (Wildman–Crippen LogP) is 3.48. The molecule has 1 fully saturated rings. The van der Waals surface area contributed by atoms with Crippen molar-refractivity contribution in [1.29, 1.82) is 0 Å². The van der Waals surface area contributed by atoms with E-state index in [4.69, 9.17) is 0 Å². The number of carbonyl (C=O) groups excluding carboxylic acids is 1. The van der Waals surface area contributed by atoms with Crippen molar-refractivity contribution < 1.29 is 4.79 Å². The molecule has 1 amide bonds. The van der Waals surface area contributed by atoms with Gasteiger partial charge in [-0.25, -0.2) is 4.98 Å². The summed E-state index contributed by atoms with van der Waals surface area (Å²) in [6.07, 6.45) is 5.45. The summed E-state index contributed by atoms with van der Waals surface area (Å²) in [7, 11) is 0. The number of hydrogen-bond acceptors (Lipinski definition) is 4. The Labute approximate surface area is 147 Å². The van der Waals surface area contributed by atoms with Crippen LogP contribution in [-0.2, 0) is 11.2 Å². The maximum Gasteiger partial charge on any atom is 0.226 e. The van der Waals surface area contributed by atoms with E-state index in [-0.39, 0.29) is 18.3 Å². The van der Waals surface area contributed by atoms with E-state index in [0.29, 0.717) is 17.5 Å². The zero-order chi connectivity index (χ0) is 15.2. The number of hydrogen-bond donors (Lipinski definition) is 2. The molecule has 124 valence electrons. The minimum atomic E-state index is 0. The van der Waals surface area contributed by atoms with Crippen LogP contribution in [0.5, 0.6) is 0 Å². The number of benzene rings is 1. The fourth-order valence-electron chi connectivity index (χ4n) is 2.72. The van der Waals surface area contributed by atoms with Gasteiger partial charge in [0.1, 0.15) is 0 Å². The number of aromatic nitrogens is 1. The molecule has 23 heavy (non-hydrogen) atoms. The molecular weight excluding hydrogens is 330 g/mol. The third-order valence-corrected chi connectivity index (χ3v) is 4.88. The van der Waals surface area contributed by atoms with Gasteiger partial charge < -0.3 is 10.6 Å². The highest BCUT2D eigenvalue weighted by atomic mass is 35.5. The van der Waals surface area contributed by atoms with Gasteiger partial charge in [-0.05, 0) is 37.4 Å². The fourth-order valence-corrected chi connectivity index (χ4v) is 3.58. The van der Waals surface area contributed by atoms with Gasteiger partial charge in [-0.3, -0.25) is 4.79 Å². The Bertz CT molecular complexity index is 611. The number of halogens is 1. The van der Waals surface area contributed by atoms with Crippen molar-refractivity contribution in [2.24, 2.45) is 5.92 Å². The van der Waals surface area contributed by atoms with Gasteiger partial charge in [0.25, 0.3) is 0 Å². The first-order valence-electron chi connectivity index (χ1n) is 7.79. The van der Waals surface area contributed by atoms with Crippen molar-refractivity contribution in [3.8, 4) is 0 Å². The van der Waals surface area contributed by atoms with Crippen molar-refractivity contribution in [3.05, 3.63) is 47.0 Å². The molecule has 0 bridgehead atoms. The van der Waals surface area contributed by atoms with Crippen LogP contribution in [0, 0.1) is 5.92 Å². The summed E-state index contributed by atoms with van der Waals surface area (Å²) >= 11 is 1.56. The maximum atomic E-state index is 12.0. The average Bonchev–Trinajstić information content (AvgIpc) is 3.18. The van der Waals surface area contributed by atoms with E-state index in [2.05, 4.69) is 27.8 Å². The lowest BCUT2D eigenvalue weighted by molar-refractivity contribution is -0.116. The molecule has 2 N–H and O–H groups in total. The number of thiazole rings is 1. The van der Waals surface area contributed by atoms with Gasteiger partial charge in [0, 0.05) is 23.9 Å². The SMILES string of the molecule is Cl.O=C(CCC1CCNC1)Nc1ncc(Cc2ccccc2)s1. The van der Waals surface area contributed by atoms with Crippen molar-refractivity contribution in [1.82, 2.24) is 10.3 Å². The van der Waals surface area contributed by atoms with Crippen LogP contribution in [0.1, 0.15) is 29.7 Å². The Morgan fingerprint density at radius 1 is 1.35 bits per heavy atom. The molecule has 2 aromatic rings. The summed E-state index contributed by atoms with van der Waals surface area (Å²) in [6.45, 7) is 2.13. The highest BCUT2D eigenvalue weighted by Gasteiger charge is 2.16. The summed E-state index contributed by atoms with van der Waals surface area (Å²) in [4.78, 5) is 17.4. The van der Waals surface area contributed by atoms with E-state index in [0.717, 1.165) is 25.9 Å². The molecule has 0 spiro atoms. The van der Waals surface area contributed by atoms with Crippen LogP contribution in [0.2, 0.25) is 0 Å². The minimum absolute atomic E-state index is 0. The maximum absolute atomic E-state index is 12.0. The van der Waals surface area contributed by atoms with Gasteiger partial charge in [-0.2, -0.15) is 0 Å². The van der Waals surface area contributed by atoms with Crippen molar-refractivity contribution >= 4 is 34.8 Å². The van der Waals surface area contributed by atoms with E-state index < -0.39 is 0 Å². The van der Waals surface area contributed by atoms with E-state index in [9.17, 15) is 4.79 Å². The molecule has 0 aliphatic carbocycles. The highest BCUT2D eigenvalue weighted by Crippen LogP contribution is 2.22. The van der Waals surface area contributed by atoms with Crippen LogP contribution in [-0.4, -0.2) is 24.0 Å². The molecule has 1 unspecified atom stereocenters. The van der Waals surface area contributed by atoms with E-state index in [1.807, 2.05) is 24.4 Å². The Kier molecular flexibility index (Phi) is 7.02. The van der Waals surface area contributed by atoms with Crippen molar-refractivity contribution in [2.45, 2.75) is 25.7 Å². The fraction of sp³-hybridized carbons (Fsp3) is 0.412. The van der Waals surface area contributed by atoms with Crippen LogP contribution in [0.3, 0.4) is 0 Å². The van der Waals surface area contributed by atoms with Gasteiger partial charge in [0.05, 0.1) is 0 Å². The first kappa shape index (κ1) is 17.9. The average molecular weight is 352 g/mol. The Hall–Kier alpha value is -1.43. The number of nitrogens with zero attached hydrogens (tertiary/aromatic N) is 1. The number of amides is 1. The standard InChI is InChI=1S/C17H21N3OS.ClH/c21-16(7-6-14-8-9-18-11-14)20-17-19-12-15(22-17)10-13-4-2-1-3-5-13;/h1-5,12,14,18H,6-11H2,(H,19,20,21);1H. The van der Waals surface area contributed by atoms with Gasteiger partial charge >= 0.3 is 0 Å². The number of anilines is 1. The third-order valence-electron chi connectivity index (χ3n) is 3.96. The molecule has 1 aromatic heterocycles. The van der Waals surface area contributed by atoms with Crippen LogP contribution in [0.15, 0.2) is 36.5 Å². The molecule has 0 saturated carbocycles. The molecule has 2 heterocycles. The van der Waals surface area contributed by atoms with Crippen LogP contribution in [0.25, 0.3) is 0 Å². The molecule has 3 rings (SSSR count). The molecule has 6 heteroatoms. The first-order chi connectivity index (χ1) is 10.8. The van der Waals surface area contributed by atoms with Crippen LogP contribution < -0.4 is 10.6 Å². The lowest BCUT2D eigenvalue weighted by Gasteiger charge is -2.06. The molecule has 1 aliphatic heterocycles. The number of nitrogens with one attached hydrogen (secondary N) is 2. The normalized spacial score (nSPS) is 16.8. The van der Waals surface area contributed by atoms with Crippen molar-refractivity contribution in [2.75, 3.05) is 18.4 Å². The quantitative estimate of drug-likeness (QED) is 0.837. The topological polar surface area (TPSA) is 54.0 Å². The molecule has 0 radical (unpaired) electrons. The first-order valence-corrected chi connectivity index (χ1v) is 8.60. The van der Waals surface area contributed by atoms with Gasteiger partial charge in [0.15, 0.2) is 5.13 Å². The Morgan fingerprint density at radius 2 is 2.17 bits per heavy atom. The van der Waals surface area contributed by atoms with E-state index in [1.165, 1.54) is 16.9 Å². The minimum Gasteiger partial charge on any atom is -0.316 e. The second kappa shape index (κ2) is 9.01. The van der Waals surface area contributed by atoms with Gasteiger partial charge in [0.2, 0.25) is 5.91 Å². The summed E-state index contributed by atoms with van der Waals surface area (Å²) in [5.74, 6) is 0.725. The van der Waals surface area contributed by atoms with Crippen LogP contribution >= 0.6 is 23.7 Å². The lowest BCUT2D eigenvalue weighted by Crippen LogP contribution is -2.14. The molecule has 1 aliphatic rings. The second-order valence-electron chi connectivity index (χ2n) is 5.74. The zero-order valence-corrected chi connectivity index (χ0v) is 14.6.